The Morgan fingerprint density at radius 1 is 1.03 bits per heavy atom. The number of fused-ring (bicyclic) bond motifs is 1. The van der Waals surface area contributed by atoms with E-state index in [1.165, 1.54) is 24.3 Å². The lowest BCUT2D eigenvalue weighted by Crippen LogP contribution is -2.17. The minimum absolute atomic E-state index is 0.0215. The second kappa shape index (κ2) is 9.14. The molecule has 2 heterocycles. The molecule has 0 aliphatic rings. The summed E-state index contributed by atoms with van der Waals surface area (Å²) < 4.78 is 70.0. The maximum absolute atomic E-state index is 12.7. The van der Waals surface area contributed by atoms with Crippen LogP contribution >= 0.6 is 11.3 Å². The first-order valence-corrected chi connectivity index (χ1v) is 10.3. The molecule has 2 aromatic heterocycles. The molecule has 34 heavy (non-hydrogen) atoms. The summed E-state index contributed by atoms with van der Waals surface area (Å²) in [5, 5.41) is 3.08. The predicted octanol–water partition coefficient (Wildman–Crippen LogP) is 6.30. The van der Waals surface area contributed by atoms with Gasteiger partial charge in [0, 0.05) is 16.6 Å². The fourth-order valence-corrected chi connectivity index (χ4v) is 4.07. The van der Waals surface area contributed by atoms with Crippen LogP contribution in [0.5, 0.6) is 11.5 Å². The van der Waals surface area contributed by atoms with E-state index >= 15 is 0 Å². The summed E-state index contributed by atoms with van der Waals surface area (Å²) in [6.45, 7) is -2.96. The number of halogens is 5. The number of carbonyl (C=O) groups excluding carboxylic acids is 1. The van der Waals surface area contributed by atoms with Crippen LogP contribution in [0, 0.1) is 0 Å². The number of nitrogens with zero attached hydrogens (tertiary/aromatic N) is 1. The maximum Gasteiger partial charge on any atom is 0.573 e. The van der Waals surface area contributed by atoms with E-state index in [1.54, 1.807) is 24.3 Å². The number of alkyl halides is 5. The van der Waals surface area contributed by atoms with Crippen molar-refractivity contribution < 1.29 is 36.2 Å². The average Bonchev–Trinajstić information content (AvgIpc) is 3.10. The lowest BCUT2D eigenvalue weighted by atomic mass is 10.1. The maximum atomic E-state index is 12.7. The normalized spacial score (nSPS) is 11.6. The topological polar surface area (TPSA) is 86.5 Å². The molecule has 0 spiro atoms. The van der Waals surface area contributed by atoms with Crippen molar-refractivity contribution in [2.24, 2.45) is 0 Å². The number of ether oxygens (including phenoxy) is 2. The molecule has 0 aliphatic heterocycles. The number of benzene rings is 2. The van der Waals surface area contributed by atoms with E-state index in [0.717, 1.165) is 23.5 Å². The second-order valence-corrected chi connectivity index (χ2v) is 7.83. The summed E-state index contributed by atoms with van der Waals surface area (Å²) in [7, 11) is 0. The fourth-order valence-electron chi connectivity index (χ4n) is 3.09. The molecule has 0 bridgehead atoms. The zero-order valence-electron chi connectivity index (χ0n) is 16.9. The van der Waals surface area contributed by atoms with Crippen LogP contribution in [0.15, 0.2) is 60.7 Å². The molecule has 176 valence electrons. The Hall–Kier alpha value is -3.93. The molecule has 4 aromatic rings. The third-order valence-corrected chi connectivity index (χ3v) is 5.61. The molecule has 12 heteroatoms. The van der Waals surface area contributed by atoms with Crippen LogP contribution in [-0.2, 0) is 0 Å². The van der Waals surface area contributed by atoms with Gasteiger partial charge in [0.1, 0.15) is 21.2 Å². The molecular formula is C22H14F5N3O3S. The zero-order chi connectivity index (χ0) is 24.5. The van der Waals surface area contributed by atoms with Crippen LogP contribution in [0.4, 0.5) is 33.3 Å². The van der Waals surface area contributed by atoms with Crippen LogP contribution in [0.25, 0.3) is 21.5 Å². The van der Waals surface area contributed by atoms with Crippen molar-refractivity contribution in [3.63, 3.8) is 0 Å². The van der Waals surface area contributed by atoms with E-state index in [9.17, 15) is 26.7 Å². The number of anilines is 2. The number of carbonyl (C=O) groups is 1. The molecule has 4 rings (SSSR count). The van der Waals surface area contributed by atoms with E-state index in [2.05, 4.69) is 19.8 Å². The van der Waals surface area contributed by atoms with Gasteiger partial charge in [0.25, 0.3) is 5.91 Å². The first kappa shape index (κ1) is 23.2. The Morgan fingerprint density at radius 3 is 2.44 bits per heavy atom. The largest absolute Gasteiger partial charge is 0.573 e. The number of aromatic nitrogens is 1. The van der Waals surface area contributed by atoms with Gasteiger partial charge < -0.3 is 20.5 Å². The highest BCUT2D eigenvalue weighted by Gasteiger charge is 2.31. The molecule has 0 saturated heterocycles. The molecule has 0 fully saturated rings. The highest BCUT2D eigenvalue weighted by molar-refractivity contribution is 7.21. The van der Waals surface area contributed by atoms with Gasteiger partial charge in [-0.15, -0.1) is 24.5 Å². The van der Waals surface area contributed by atoms with Crippen LogP contribution in [0.1, 0.15) is 9.67 Å². The van der Waals surface area contributed by atoms with Crippen molar-refractivity contribution >= 4 is 38.8 Å². The van der Waals surface area contributed by atoms with Gasteiger partial charge in [-0.2, -0.15) is 8.78 Å². The Morgan fingerprint density at radius 2 is 1.76 bits per heavy atom. The number of nitrogens with one attached hydrogen (secondary N) is 1. The zero-order valence-corrected chi connectivity index (χ0v) is 17.7. The Kier molecular flexibility index (Phi) is 6.24. The highest BCUT2D eigenvalue weighted by atomic mass is 32.1. The van der Waals surface area contributed by atoms with E-state index < -0.39 is 24.6 Å². The van der Waals surface area contributed by atoms with Gasteiger partial charge in [-0.25, -0.2) is 4.98 Å². The molecule has 0 aliphatic carbocycles. The number of pyridine rings is 1. The molecule has 0 unspecified atom stereocenters. The summed E-state index contributed by atoms with van der Waals surface area (Å²) in [6.07, 6.45) is -4.82. The lowest BCUT2D eigenvalue weighted by molar-refractivity contribution is -0.274. The van der Waals surface area contributed by atoms with Crippen molar-refractivity contribution in [3.05, 3.63) is 65.5 Å². The van der Waals surface area contributed by atoms with Crippen LogP contribution in [-0.4, -0.2) is 23.9 Å². The number of hydrogen-bond donors (Lipinski definition) is 2. The van der Waals surface area contributed by atoms with Gasteiger partial charge in [0.05, 0.1) is 11.4 Å². The van der Waals surface area contributed by atoms with Crippen LogP contribution in [0.2, 0.25) is 0 Å². The van der Waals surface area contributed by atoms with Crippen molar-refractivity contribution in [2.45, 2.75) is 13.0 Å². The fraction of sp³-hybridized carbons (Fsp3) is 0.0909. The smallest absolute Gasteiger partial charge is 0.435 e. The number of nitrogen functional groups attached to an aromatic ring is 1. The molecule has 0 radical (unpaired) electrons. The molecule has 0 saturated carbocycles. The van der Waals surface area contributed by atoms with Gasteiger partial charge in [-0.1, -0.05) is 12.1 Å². The average molecular weight is 495 g/mol. The Labute approximate surface area is 192 Å². The highest BCUT2D eigenvalue weighted by Crippen LogP contribution is 2.35. The van der Waals surface area contributed by atoms with E-state index in [0.29, 0.717) is 21.5 Å². The number of rotatable bonds is 6. The summed E-state index contributed by atoms with van der Waals surface area (Å²) >= 11 is 1.01. The van der Waals surface area contributed by atoms with E-state index in [1.807, 2.05) is 0 Å². The van der Waals surface area contributed by atoms with Gasteiger partial charge >= 0.3 is 13.0 Å². The van der Waals surface area contributed by atoms with Gasteiger partial charge in [-0.3, -0.25) is 4.79 Å². The summed E-state index contributed by atoms with van der Waals surface area (Å²) in [6, 6.07) is 14.0. The first-order chi connectivity index (χ1) is 16.1. The van der Waals surface area contributed by atoms with Crippen LogP contribution in [0.3, 0.4) is 0 Å². The third kappa shape index (κ3) is 5.34. The number of amides is 1. The molecule has 1 amide bonds. The molecule has 2 aromatic carbocycles. The SMILES string of the molecule is Nc1c(C(=O)Nc2ccc(OC(F)(F)F)cc2)sc2nc(-c3cccc(OC(F)F)c3)ccc12. The first-order valence-electron chi connectivity index (χ1n) is 9.50. The number of thiophene rings is 1. The minimum atomic E-state index is -4.82. The standard InChI is InChI=1S/C22H14F5N3O3S/c23-21(24)32-14-3-1-2-11(10-14)16-9-8-15-17(28)18(34-20(15)30-16)19(31)29-12-4-6-13(7-5-12)33-22(25,26)27/h1-10,21H,28H2,(H,29,31). The van der Waals surface area contributed by atoms with Gasteiger partial charge in [-0.05, 0) is 48.5 Å². The number of hydrogen-bond acceptors (Lipinski definition) is 6. The summed E-state index contributed by atoms with van der Waals surface area (Å²) in [5.74, 6) is -1.02. The molecule has 6 nitrogen and oxygen atoms in total. The Bertz CT molecular complexity index is 1340. The Balaban J connectivity index is 1.56. The van der Waals surface area contributed by atoms with Crippen molar-refractivity contribution in [1.29, 1.82) is 0 Å². The van der Waals surface area contributed by atoms with Crippen molar-refractivity contribution in [3.8, 4) is 22.8 Å². The van der Waals surface area contributed by atoms with Crippen molar-refractivity contribution in [1.82, 2.24) is 4.98 Å². The lowest BCUT2D eigenvalue weighted by Gasteiger charge is -2.09. The molecule has 3 N–H and O–H groups in total. The van der Waals surface area contributed by atoms with Crippen LogP contribution < -0.4 is 20.5 Å². The minimum Gasteiger partial charge on any atom is -0.435 e. The summed E-state index contributed by atoms with van der Waals surface area (Å²) in [5.41, 5.74) is 7.52. The predicted molar refractivity (Wildman–Crippen MR) is 117 cm³/mol. The second-order valence-electron chi connectivity index (χ2n) is 6.83. The molecular weight excluding hydrogens is 481 g/mol. The van der Waals surface area contributed by atoms with Gasteiger partial charge in [0.2, 0.25) is 0 Å². The molecule has 0 atom stereocenters. The summed E-state index contributed by atoms with van der Waals surface area (Å²) in [4.78, 5) is 17.8. The van der Waals surface area contributed by atoms with Crippen molar-refractivity contribution in [2.75, 3.05) is 11.1 Å². The number of nitrogens with two attached hydrogens (primary N) is 1. The quantitative estimate of drug-likeness (QED) is 0.307. The van der Waals surface area contributed by atoms with E-state index in [4.69, 9.17) is 5.73 Å². The third-order valence-electron chi connectivity index (χ3n) is 4.50. The van der Waals surface area contributed by atoms with E-state index in [-0.39, 0.29) is 22.0 Å². The monoisotopic (exact) mass is 495 g/mol. The van der Waals surface area contributed by atoms with Gasteiger partial charge in [0.15, 0.2) is 0 Å².